The molecule has 0 aliphatic carbocycles. The number of hydrazine groups is 1. The lowest BCUT2D eigenvalue weighted by atomic mass is 10.1. The molecule has 0 radical (unpaired) electrons. The predicted octanol–water partition coefficient (Wildman–Crippen LogP) is 0.541. The third kappa shape index (κ3) is 2.18. The van der Waals surface area contributed by atoms with E-state index in [-0.39, 0.29) is 11.6 Å². The van der Waals surface area contributed by atoms with E-state index in [9.17, 15) is 9.59 Å². The third-order valence-electron chi connectivity index (χ3n) is 2.81. The van der Waals surface area contributed by atoms with E-state index >= 15 is 0 Å². The highest BCUT2D eigenvalue weighted by Gasteiger charge is 2.20. The minimum Gasteiger partial charge on any atom is -0.349 e. The molecule has 0 aromatic heterocycles. The van der Waals surface area contributed by atoms with Crippen LogP contribution >= 0.6 is 0 Å². The number of fused-ring (bicyclic) bond motifs is 1. The van der Waals surface area contributed by atoms with Crippen molar-refractivity contribution in [2.75, 3.05) is 10.6 Å². The fourth-order valence-electron chi connectivity index (χ4n) is 1.69. The highest BCUT2D eigenvalue weighted by molar-refractivity contribution is 6.13. The monoisotopic (exact) mass is 246 g/mol. The van der Waals surface area contributed by atoms with Crippen LogP contribution in [-0.4, -0.2) is 11.8 Å². The van der Waals surface area contributed by atoms with Crippen molar-refractivity contribution >= 4 is 23.2 Å². The molecule has 1 aromatic carbocycles. The van der Waals surface area contributed by atoms with Gasteiger partial charge in [0.05, 0.1) is 11.4 Å². The molecule has 1 aromatic rings. The van der Waals surface area contributed by atoms with Gasteiger partial charge < -0.3 is 10.6 Å². The van der Waals surface area contributed by atoms with E-state index < -0.39 is 5.91 Å². The Morgan fingerprint density at radius 3 is 2.33 bits per heavy atom. The Morgan fingerprint density at radius 2 is 1.78 bits per heavy atom. The standard InChI is InChI=1S/C12H14N4O2/c1-6-3-8-9(4-7(6)2)15-12(18)10(14-8)5-11(17)16-13/h3-5,14H,13H2,1-2H3,(H,15,18)(H,16,17)/b10-5-. The fourth-order valence-corrected chi connectivity index (χ4v) is 1.69. The molecule has 0 atom stereocenters. The average Bonchev–Trinajstić information content (AvgIpc) is 2.32. The summed E-state index contributed by atoms with van der Waals surface area (Å²) < 4.78 is 0. The number of hydrogen-bond acceptors (Lipinski definition) is 4. The number of nitrogens with two attached hydrogens (primary N) is 1. The Morgan fingerprint density at radius 1 is 1.22 bits per heavy atom. The first-order valence-electron chi connectivity index (χ1n) is 5.43. The predicted molar refractivity (Wildman–Crippen MR) is 68.6 cm³/mol. The van der Waals surface area contributed by atoms with Gasteiger partial charge in [-0.15, -0.1) is 0 Å². The number of anilines is 2. The van der Waals surface area contributed by atoms with Crippen molar-refractivity contribution in [3.63, 3.8) is 0 Å². The first-order chi connectivity index (χ1) is 8.51. The molecule has 0 unspecified atom stereocenters. The number of carbonyl (C=O) groups is 2. The van der Waals surface area contributed by atoms with Crippen LogP contribution in [0.15, 0.2) is 23.9 Å². The molecule has 94 valence electrons. The summed E-state index contributed by atoms with van der Waals surface area (Å²) in [5, 5.41) is 5.63. The molecule has 0 fully saturated rings. The molecule has 1 heterocycles. The smallest absolute Gasteiger partial charge is 0.272 e. The number of benzene rings is 1. The van der Waals surface area contributed by atoms with Crippen LogP contribution in [-0.2, 0) is 9.59 Å². The maximum Gasteiger partial charge on any atom is 0.272 e. The first-order valence-corrected chi connectivity index (χ1v) is 5.43. The second kappa shape index (κ2) is 4.50. The number of nitrogens with one attached hydrogen (secondary N) is 3. The summed E-state index contributed by atoms with van der Waals surface area (Å²) >= 11 is 0. The Hall–Kier alpha value is -2.34. The van der Waals surface area contributed by atoms with Crippen molar-refractivity contribution in [2.24, 2.45) is 5.84 Å². The van der Waals surface area contributed by atoms with Crippen molar-refractivity contribution in [2.45, 2.75) is 13.8 Å². The molecule has 1 aliphatic heterocycles. The minimum absolute atomic E-state index is 0.161. The number of rotatable bonds is 1. The van der Waals surface area contributed by atoms with Gasteiger partial charge in [-0.25, -0.2) is 5.84 Å². The lowest BCUT2D eigenvalue weighted by Gasteiger charge is -2.22. The fraction of sp³-hybridized carbons (Fsp3) is 0.167. The number of aryl methyl sites for hydroxylation is 2. The topological polar surface area (TPSA) is 96.2 Å². The van der Waals surface area contributed by atoms with Crippen LogP contribution in [0.25, 0.3) is 0 Å². The SMILES string of the molecule is Cc1cc2c(cc1C)N/C(=C\C(=O)NN)C(=O)N2. The maximum atomic E-state index is 11.7. The van der Waals surface area contributed by atoms with Crippen LogP contribution in [0.2, 0.25) is 0 Å². The van der Waals surface area contributed by atoms with E-state index in [0.717, 1.165) is 22.9 Å². The van der Waals surface area contributed by atoms with Crippen molar-refractivity contribution < 1.29 is 9.59 Å². The van der Waals surface area contributed by atoms with Crippen LogP contribution in [0, 0.1) is 13.8 Å². The van der Waals surface area contributed by atoms with Crippen molar-refractivity contribution in [3.05, 3.63) is 35.0 Å². The molecule has 6 heteroatoms. The van der Waals surface area contributed by atoms with Crippen LogP contribution < -0.4 is 21.9 Å². The van der Waals surface area contributed by atoms with Crippen molar-refractivity contribution in [3.8, 4) is 0 Å². The largest absolute Gasteiger partial charge is 0.349 e. The molecule has 18 heavy (non-hydrogen) atoms. The first kappa shape index (κ1) is 12.1. The lowest BCUT2D eigenvalue weighted by molar-refractivity contribution is -0.117. The summed E-state index contributed by atoms with van der Waals surface area (Å²) in [6.07, 6.45) is 1.12. The van der Waals surface area contributed by atoms with Gasteiger partial charge in [0.1, 0.15) is 5.70 Å². The summed E-state index contributed by atoms with van der Waals surface area (Å²) in [6.45, 7) is 3.94. The van der Waals surface area contributed by atoms with Gasteiger partial charge in [0.25, 0.3) is 11.8 Å². The second-order valence-electron chi connectivity index (χ2n) is 4.13. The van der Waals surface area contributed by atoms with Crippen LogP contribution in [0.3, 0.4) is 0 Å². The summed E-state index contributed by atoms with van der Waals surface area (Å²) in [6, 6.07) is 3.80. The van der Waals surface area contributed by atoms with E-state index in [1.165, 1.54) is 0 Å². The van der Waals surface area contributed by atoms with Crippen molar-refractivity contribution in [1.82, 2.24) is 5.43 Å². The van der Waals surface area contributed by atoms with E-state index in [1.54, 1.807) is 0 Å². The molecule has 0 saturated carbocycles. The second-order valence-corrected chi connectivity index (χ2v) is 4.13. The van der Waals surface area contributed by atoms with Gasteiger partial charge in [-0.1, -0.05) is 0 Å². The molecular formula is C12H14N4O2. The molecule has 0 bridgehead atoms. The zero-order valence-electron chi connectivity index (χ0n) is 10.1. The molecule has 5 N–H and O–H groups in total. The van der Waals surface area contributed by atoms with E-state index in [2.05, 4.69) is 10.6 Å². The number of amides is 2. The summed E-state index contributed by atoms with van der Waals surface area (Å²) in [4.78, 5) is 22.9. The lowest BCUT2D eigenvalue weighted by Crippen LogP contribution is -2.32. The molecular weight excluding hydrogens is 232 g/mol. The molecule has 6 nitrogen and oxygen atoms in total. The molecule has 2 rings (SSSR count). The van der Waals surface area contributed by atoms with Gasteiger partial charge in [-0.05, 0) is 37.1 Å². The van der Waals surface area contributed by atoms with Crippen molar-refractivity contribution in [1.29, 1.82) is 0 Å². The Kier molecular flexibility index (Phi) is 3.03. The Bertz CT molecular complexity index is 563. The van der Waals surface area contributed by atoms with E-state index in [0.29, 0.717) is 5.69 Å². The van der Waals surface area contributed by atoms with Gasteiger partial charge >= 0.3 is 0 Å². The van der Waals surface area contributed by atoms with Gasteiger partial charge in [-0.2, -0.15) is 0 Å². The van der Waals surface area contributed by atoms with E-state index in [1.807, 2.05) is 31.4 Å². The van der Waals surface area contributed by atoms with Crippen LogP contribution in [0.5, 0.6) is 0 Å². The van der Waals surface area contributed by atoms with Gasteiger partial charge in [0.2, 0.25) is 0 Å². The zero-order valence-corrected chi connectivity index (χ0v) is 10.1. The summed E-state index contributed by atoms with van der Waals surface area (Å²) in [7, 11) is 0. The van der Waals surface area contributed by atoms with Gasteiger partial charge in [-0.3, -0.25) is 15.0 Å². The highest BCUT2D eigenvalue weighted by atomic mass is 16.2. The highest BCUT2D eigenvalue weighted by Crippen LogP contribution is 2.30. The normalized spacial score (nSPS) is 15.7. The zero-order chi connectivity index (χ0) is 13.3. The van der Waals surface area contributed by atoms with Gasteiger partial charge in [0.15, 0.2) is 0 Å². The summed E-state index contributed by atoms with van der Waals surface area (Å²) in [5.41, 5.74) is 5.75. The molecule has 0 saturated heterocycles. The average molecular weight is 246 g/mol. The Labute approximate surface area is 104 Å². The minimum atomic E-state index is -0.542. The Balaban J connectivity index is 2.39. The van der Waals surface area contributed by atoms with E-state index in [4.69, 9.17) is 5.84 Å². The molecule has 2 amide bonds. The quantitative estimate of drug-likeness (QED) is 0.252. The summed E-state index contributed by atoms with van der Waals surface area (Å²) in [5.74, 6) is 4.06. The number of carbonyl (C=O) groups excluding carboxylic acids is 2. The molecule has 1 aliphatic rings. The number of hydrogen-bond donors (Lipinski definition) is 4. The maximum absolute atomic E-state index is 11.7. The third-order valence-corrected chi connectivity index (χ3v) is 2.81. The van der Waals surface area contributed by atoms with Crippen LogP contribution in [0.4, 0.5) is 11.4 Å². The van der Waals surface area contributed by atoms with Crippen LogP contribution in [0.1, 0.15) is 11.1 Å². The van der Waals surface area contributed by atoms with Gasteiger partial charge in [0, 0.05) is 6.08 Å². The molecule has 0 spiro atoms.